The summed E-state index contributed by atoms with van der Waals surface area (Å²) in [4.78, 5) is 10.3. The molecule has 0 atom stereocenters. The fourth-order valence-electron chi connectivity index (χ4n) is 9.23. The largest absolute Gasteiger partial charge is 0.456 e. The molecule has 274 valence electrons. The van der Waals surface area contributed by atoms with Crippen LogP contribution in [0.4, 0.5) is 0 Å². The van der Waals surface area contributed by atoms with E-state index in [0.717, 1.165) is 93.9 Å². The van der Waals surface area contributed by atoms with Crippen molar-refractivity contribution in [3.05, 3.63) is 188 Å². The van der Waals surface area contributed by atoms with Crippen molar-refractivity contribution in [2.45, 2.75) is 0 Å². The topological polar surface area (TPSA) is 57.0 Å². The second kappa shape index (κ2) is 12.2. The third kappa shape index (κ3) is 4.79. The lowest BCUT2D eigenvalue weighted by atomic mass is 9.95. The molecule has 13 aromatic rings. The molecular formula is C54H31N3O2. The molecule has 0 bridgehead atoms. The first-order valence-electron chi connectivity index (χ1n) is 19.9. The molecule has 4 aromatic heterocycles. The molecule has 0 saturated carbocycles. The number of rotatable bonds is 4. The molecule has 0 aliphatic heterocycles. The lowest BCUT2D eigenvalue weighted by Crippen LogP contribution is -1.98. The number of benzene rings is 9. The van der Waals surface area contributed by atoms with Gasteiger partial charge in [0, 0.05) is 43.6 Å². The highest BCUT2D eigenvalue weighted by Gasteiger charge is 2.22. The van der Waals surface area contributed by atoms with Gasteiger partial charge in [-0.15, -0.1) is 0 Å². The summed E-state index contributed by atoms with van der Waals surface area (Å²) in [6, 6.07) is 66.3. The molecule has 0 fully saturated rings. The minimum Gasteiger partial charge on any atom is -0.456 e. The first-order valence-corrected chi connectivity index (χ1v) is 19.9. The number of nitrogens with zero attached hydrogens (tertiary/aromatic N) is 3. The van der Waals surface area contributed by atoms with Gasteiger partial charge >= 0.3 is 0 Å². The SMILES string of the molecule is c1ccc(-c2nc(-c3ccccc3)c3oc4ccc(-c5cc6ccc7oc8ccccc8c7c6cc5-n5c6ccccc6c6cc7ccccc7cc65)cc4c3n2)cc1. The van der Waals surface area contributed by atoms with E-state index in [1.807, 2.05) is 42.5 Å². The minimum atomic E-state index is 0.658. The third-order valence-corrected chi connectivity index (χ3v) is 12.0. The van der Waals surface area contributed by atoms with Crippen LogP contribution in [0.25, 0.3) is 127 Å². The Morgan fingerprint density at radius 3 is 1.93 bits per heavy atom. The Labute approximate surface area is 337 Å². The van der Waals surface area contributed by atoms with E-state index in [1.165, 1.54) is 21.5 Å². The molecular weight excluding hydrogens is 723 g/mol. The van der Waals surface area contributed by atoms with Crippen LogP contribution in [0.15, 0.2) is 197 Å². The molecule has 5 nitrogen and oxygen atoms in total. The Bertz CT molecular complexity index is 3840. The van der Waals surface area contributed by atoms with E-state index in [1.54, 1.807) is 0 Å². The first-order chi connectivity index (χ1) is 29.2. The number of hydrogen-bond donors (Lipinski definition) is 0. The van der Waals surface area contributed by atoms with Gasteiger partial charge in [0.25, 0.3) is 0 Å². The summed E-state index contributed by atoms with van der Waals surface area (Å²) in [5.74, 6) is 0.658. The van der Waals surface area contributed by atoms with E-state index >= 15 is 0 Å². The second-order valence-electron chi connectivity index (χ2n) is 15.3. The summed E-state index contributed by atoms with van der Waals surface area (Å²) in [7, 11) is 0. The lowest BCUT2D eigenvalue weighted by Gasteiger charge is -2.17. The van der Waals surface area contributed by atoms with Crippen molar-refractivity contribution >= 4 is 87.4 Å². The average Bonchev–Trinajstić information content (AvgIpc) is 3.97. The molecule has 4 heterocycles. The summed E-state index contributed by atoms with van der Waals surface area (Å²) in [5.41, 5.74) is 12.2. The van der Waals surface area contributed by atoms with Gasteiger partial charge in [-0.3, -0.25) is 0 Å². The molecule has 13 rings (SSSR count). The number of hydrogen-bond acceptors (Lipinski definition) is 4. The van der Waals surface area contributed by atoms with Crippen molar-refractivity contribution in [1.29, 1.82) is 0 Å². The van der Waals surface area contributed by atoms with Crippen LogP contribution in [0.5, 0.6) is 0 Å². The third-order valence-electron chi connectivity index (χ3n) is 12.0. The van der Waals surface area contributed by atoms with E-state index in [4.69, 9.17) is 18.8 Å². The minimum absolute atomic E-state index is 0.658. The summed E-state index contributed by atoms with van der Waals surface area (Å²) in [6.45, 7) is 0. The van der Waals surface area contributed by atoms with Crippen molar-refractivity contribution in [2.24, 2.45) is 0 Å². The van der Waals surface area contributed by atoms with E-state index in [2.05, 4.69) is 150 Å². The van der Waals surface area contributed by atoms with Gasteiger partial charge in [-0.05, 0) is 81.7 Å². The maximum Gasteiger partial charge on any atom is 0.180 e. The van der Waals surface area contributed by atoms with Crippen LogP contribution in [0.3, 0.4) is 0 Å². The van der Waals surface area contributed by atoms with E-state index in [0.29, 0.717) is 11.4 Å². The average molecular weight is 754 g/mol. The highest BCUT2D eigenvalue weighted by molar-refractivity contribution is 6.21. The predicted octanol–water partition coefficient (Wildman–Crippen LogP) is 14.7. The second-order valence-corrected chi connectivity index (χ2v) is 15.3. The van der Waals surface area contributed by atoms with Gasteiger partial charge in [-0.2, -0.15) is 0 Å². The Morgan fingerprint density at radius 2 is 1.08 bits per heavy atom. The lowest BCUT2D eigenvalue weighted by molar-refractivity contribution is 0.667. The molecule has 0 spiro atoms. The smallest absolute Gasteiger partial charge is 0.180 e. The summed E-state index contributed by atoms with van der Waals surface area (Å²) >= 11 is 0. The van der Waals surface area contributed by atoms with E-state index in [-0.39, 0.29) is 0 Å². The van der Waals surface area contributed by atoms with Gasteiger partial charge < -0.3 is 13.4 Å². The molecule has 9 aromatic carbocycles. The quantitative estimate of drug-likeness (QED) is 0.180. The van der Waals surface area contributed by atoms with Crippen LogP contribution in [0.1, 0.15) is 0 Å². The number of fused-ring (bicyclic) bond motifs is 12. The maximum absolute atomic E-state index is 6.69. The molecule has 59 heavy (non-hydrogen) atoms. The highest BCUT2D eigenvalue weighted by atomic mass is 16.3. The molecule has 5 heteroatoms. The van der Waals surface area contributed by atoms with E-state index in [9.17, 15) is 0 Å². The van der Waals surface area contributed by atoms with Gasteiger partial charge in [0.05, 0.1) is 16.7 Å². The number of para-hydroxylation sites is 2. The van der Waals surface area contributed by atoms with Crippen LogP contribution < -0.4 is 0 Å². The molecule has 0 unspecified atom stereocenters. The fraction of sp³-hybridized carbons (Fsp3) is 0. The van der Waals surface area contributed by atoms with Crippen molar-refractivity contribution < 1.29 is 8.83 Å². The molecule has 0 saturated heterocycles. The summed E-state index contributed by atoms with van der Waals surface area (Å²) in [6.07, 6.45) is 0. The Morgan fingerprint density at radius 1 is 0.390 bits per heavy atom. The van der Waals surface area contributed by atoms with Crippen LogP contribution >= 0.6 is 0 Å². The molecule has 0 amide bonds. The molecule has 0 radical (unpaired) electrons. The van der Waals surface area contributed by atoms with E-state index < -0.39 is 0 Å². The van der Waals surface area contributed by atoms with Crippen LogP contribution in [0.2, 0.25) is 0 Å². The zero-order chi connectivity index (χ0) is 38.6. The van der Waals surface area contributed by atoms with Gasteiger partial charge in [0.1, 0.15) is 28.0 Å². The zero-order valence-electron chi connectivity index (χ0n) is 31.6. The predicted molar refractivity (Wildman–Crippen MR) is 242 cm³/mol. The first kappa shape index (κ1) is 32.1. The number of furan rings is 2. The molecule has 0 N–H and O–H groups in total. The van der Waals surface area contributed by atoms with Gasteiger partial charge in [0.15, 0.2) is 11.4 Å². The highest BCUT2D eigenvalue weighted by Crippen LogP contribution is 2.44. The summed E-state index contributed by atoms with van der Waals surface area (Å²) in [5, 5.41) is 10.3. The van der Waals surface area contributed by atoms with Crippen molar-refractivity contribution in [1.82, 2.24) is 14.5 Å². The van der Waals surface area contributed by atoms with Gasteiger partial charge in [-0.1, -0.05) is 133 Å². The maximum atomic E-state index is 6.69. The molecule has 0 aliphatic carbocycles. The monoisotopic (exact) mass is 753 g/mol. The van der Waals surface area contributed by atoms with Crippen LogP contribution in [0, 0.1) is 0 Å². The number of aromatic nitrogens is 3. The normalized spacial score (nSPS) is 12.1. The van der Waals surface area contributed by atoms with Crippen molar-refractivity contribution in [3.63, 3.8) is 0 Å². The zero-order valence-corrected chi connectivity index (χ0v) is 31.6. The van der Waals surface area contributed by atoms with Gasteiger partial charge in [0.2, 0.25) is 0 Å². The molecule has 0 aliphatic rings. The van der Waals surface area contributed by atoms with Crippen LogP contribution in [-0.4, -0.2) is 14.5 Å². The standard InChI is InChI=1S/C54H31N3O2/c1-3-13-32(14-4-1)51-53-52(56-54(55-51)33-15-5-2-6-16-33)43-29-36(23-25-48(43)59-53)40-28-37-24-26-49-50(39-20-10-12-22-47(39)58-49)41(37)31-46(40)57-44-21-11-9-19-38(44)42-27-34-17-7-8-18-35(34)30-45(42)57/h1-31H. The van der Waals surface area contributed by atoms with Gasteiger partial charge in [-0.25, -0.2) is 9.97 Å². The Balaban J connectivity index is 1.14. The Kier molecular flexibility index (Phi) is 6.66. The van der Waals surface area contributed by atoms with Crippen molar-refractivity contribution in [3.8, 4) is 39.5 Å². The fourth-order valence-corrected chi connectivity index (χ4v) is 9.23. The van der Waals surface area contributed by atoms with Crippen LogP contribution in [-0.2, 0) is 0 Å². The summed E-state index contributed by atoms with van der Waals surface area (Å²) < 4.78 is 15.6. The van der Waals surface area contributed by atoms with Crippen molar-refractivity contribution in [2.75, 3.05) is 0 Å². The Hall–Kier alpha value is -8.02.